The van der Waals surface area contributed by atoms with Crippen LogP contribution in [-0.4, -0.2) is 0 Å². The van der Waals surface area contributed by atoms with Crippen molar-refractivity contribution < 1.29 is 8.78 Å². The zero-order valence-electron chi connectivity index (χ0n) is 13.1. The highest BCUT2D eigenvalue weighted by Crippen LogP contribution is 2.35. The van der Waals surface area contributed by atoms with E-state index in [9.17, 15) is 8.78 Å². The topological polar surface area (TPSA) is 0 Å². The lowest BCUT2D eigenvalue weighted by Gasteiger charge is -2.21. The van der Waals surface area contributed by atoms with Gasteiger partial charge < -0.3 is 0 Å². The highest BCUT2D eigenvalue weighted by Gasteiger charge is 2.20. The van der Waals surface area contributed by atoms with Crippen molar-refractivity contribution in [2.75, 3.05) is 0 Å². The van der Waals surface area contributed by atoms with Crippen molar-refractivity contribution in [3.63, 3.8) is 0 Å². The Morgan fingerprint density at radius 2 is 1.70 bits per heavy atom. The minimum Gasteiger partial charge on any atom is -0.203 e. The van der Waals surface area contributed by atoms with E-state index in [-0.39, 0.29) is 0 Å². The smallest absolute Gasteiger partial charge is 0.167 e. The molecule has 0 saturated carbocycles. The fraction of sp³-hybridized carbons (Fsp3) is 0.238. The molecule has 1 aliphatic rings. The molecule has 1 aliphatic carbocycles. The summed E-state index contributed by atoms with van der Waals surface area (Å²) in [6, 6.07) is 12.5. The summed E-state index contributed by atoms with van der Waals surface area (Å²) in [6.07, 6.45) is 7.66. The first-order chi connectivity index (χ1) is 11.2. The van der Waals surface area contributed by atoms with Crippen molar-refractivity contribution in [2.24, 2.45) is 5.92 Å². The summed E-state index contributed by atoms with van der Waals surface area (Å²) < 4.78 is 29.0. The van der Waals surface area contributed by atoms with Gasteiger partial charge in [0.15, 0.2) is 11.6 Å². The largest absolute Gasteiger partial charge is 0.203 e. The Balaban J connectivity index is 1.91. The molecule has 0 saturated heterocycles. The van der Waals surface area contributed by atoms with Crippen LogP contribution in [0.3, 0.4) is 0 Å². The molecule has 0 N–H and O–H groups in total. The molecule has 0 amide bonds. The number of benzene rings is 2. The van der Waals surface area contributed by atoms with E-state index < -0.39 is 11.6 Å². The van der Waals surface area contributed by atoms with E-state index in [1.807, 2.05) is 24.3 Å². The molecule has 0 nitrogen and oxygen atoms in total. The van der Waals surface area contributed by atoms with E-state index in [2.05, 4.69) is 12.7 Å². The second-order valence-corrected chi connectivity index (χ2v) is 6.05. The quantitative estimate of drug-likeness (QED) is 0.574. The molecule has 2 heteroatoms. The third-order valence-electron chi connectivity index (χ3n) is 4.53. The van der Waals surface area contributed by atoms with Crippen LogP contribution < -0.4 is 0 Å². The normalized spacial score (nSPS) is 17.7. The van der Waals surface area contributed by atoms with Gasteiger partial charge in [-0.2, -0.15) is 0 Å². The lowest BCUT2D eigenvalue weighted by Crippen LogP contribution is -2.06. The summed E-state index contributed by atoms with van der Waals surface area (Å²) in [4.78, 5) is 0. The molecule has 23 heavy (non-hydrogen) atoms. The molecule has 1 atom stereocenters. The molecule has 1 unspecified atom stereocenters. The Labute approximate surface area is 136 Å². The summed E-state index contributed by atoms with van der Waals surface area (Å²) in [7, 11) is 0. The third kappa shape index (κ3) is 3.26. The molecule has 0 bridgehead atoms. The fourth-order valence-corrected chi connectivity index (χ4v) is 3.22. The van der Waals surface area contributed by atoms with Gasteiger partial charge in [0.1, 0.15) is 0 Å². The zero-order valence-corrected chi connectivity index (χ0v) is 13.1. The first kappa shape index (κ1) is 15.7. The van der Waals surface area contributed by atoms with Gasteiger partial charge in [0.05, 0.1) is 0 Å². The van der Waals surface area contributed by atoms with Gasteiger partial charge >= 0.3 is 0 Å². The molecule has 2 aromatic rings. The summed E-state index contributed by atoms with van der Waals surface area (Å²) in [5.74, 6) is -0.921. The summed E-state index contributed by atoms with van der Waals surface area (Å²) >= 11 is 0. The molecular formula is C21H20F2. The Morgan fingerprint density at radius 3 is 2.35 bits per heavy atom. The van der Waals surface area contributed by atoms with Crippen LogP contribution in [0.15, 0.2) is 61.2 Å². The summed E-state index contributed by atoms with van der Waals surface area (Å²) in [5, 5.41) is 0. The van der Waals surface area contributed by atoms with Crippen LogP contribution in [0.2, 0.25) is 0 Å². The van der Waals surface area contributed by atoms with Gasteiger partial charge in [0, 0.05) is 11.1 Å². The minimum absolute atomic E-state index is 0.313. The van der Waals surface area contributed by atoms with Crippen LogP contribution in [0, 0.1) is 17.6 Å². The van der Waals surface area contributed by atoms with Gasteiger partial charge in [-0.15, -0.1) is 6.58 Å². The van der Waals surface area contributed by atoms with Crippen molar-refractivity contribution in [3.05, 3.63) is 78.4 Å². The van der Waals surface area contributed by atoms with Crippen LogP contribution in [-0.2, 0) is 0 Å². The van der Waals surface area contributed by atoms with Crippen molar-refractivity contribution in [1.82, 2.24) is 0 Å². The Kier molecular flexibility index (Phi) is 4.71. The number of rotatable bonds is 4. The molecular weight excluding hydrogens is 290 g/mol. The predicted molar refractivity (Wildman–Crippen MR) is 91.9 cm³/mol. The van der Waals surface area contributed by atoms with Gasteiger partial charge in [-0.25, -0.2) is 8.78 Å². The highest BCUT2D eigenvalue weighted by atomic mass is 19.2. The SMILES string of the molecule is C=CCC1CC=C(c2ccc(-c3ccccc3)c(F)c2F)CC1. The van der Waals surface area contributed by atoms with E-state index in [4.69, 9.17) is 0 Å². The maximum atomic E-state index is 14.5. The van der Waals surface area contributed by atoms with Gasteiger partial charge in [-0.3, -0.25) is 0 Å². The molecule has 2 aromatic carbocycles. The molecule has 0 radical (unpaired) electrons. The third-order valence-corrected chi connectivity index (χ3v) is 4.53. The maximum Gasteiger partial charge on any atom is 0.167 e. The van der Waals surface area contributed by atoms with Crippen LogP contribution in [0.25, 0.3) is 16.7 Å². The molecule has 0 fully saturated rings. The zero-order chi connectivity index (χ0) is 16.2. The molecule has 118 valence electrons. The monoisotopic (exact) mass is 310 g/mol. The Hall–Kier alpha value is -2.22. The highest BCUT2D eigenvalue weighted by molar-refractivity contribution is 5.72. The number of hydrogen-bond donors (Lipinski definition) is 0. The predicted octanol–water partition coefficient (Wildman–Crippen LogP) is 6.39. The van der Waals surface area contributed by atoms with Gasteiger partial charge in [0.2, 0.25) is 0 Å². The van der Waals surface area contributed by atoms with Crippen LogP contribution >= 0.6 is 0 Å². The Bertz CT molecular complexity index is 729. The molecule has 0 aromatic heterocycles. The van der Waals surface area contributed by atoms with Crippen molar-refractivity contribution in [2.45, 2.75) is 25.7 Å². The molecule has 0 aliphatic heterocycles. The van der Waals surface area contributed by atoms with E-state index >= 15 is 0 Å². The van der Waals surface area contributed by atoms with E-state index in [0.717, 1.165) is 31.3 Å². The van der Waals surface area contributed by atoms with Crippen molar-refractivity contribution >= 4 is 5.57 Å². The summed E-state index contributed by atoms with van der Waals surface area (Å²) in [5.41, 5.74) is 2.33. The van der Waals surface area contributed by atoms with E-state index in [1.165, 1.54) is 0 Å². The van der Waals surface area contributed by atoms with Crippen molar-refractivity contribution in [1.29, 1.82) is 0 Å². The second kappa shape index (κ2) is 6.91. The Morgan fingerprint density at radius 1 is 1.00 bits per heavy atom. The first-order valence-electron chi connectivity index (χ1n) is 8.04. The average molecular weight is 310 g/mol. The van der Waals surface area contributed by atoms with Gasteiger partial charge in [-0.05, 0) is 42.7 Å². The lowest BCUT2D eigenvalue weighted by atomic mass is 9.84. The number of hydrogen-bond acceptors (Lipinski definition) is 0. The number of halogens is 2. The minimum atomic E-state index is -0.761. The van der Waals surface area contributed by atoms with Crippen LogP contribution in [0.4, 0.5) is 8.78 Å². The molecule has 3 rings (SSSR count). The van der Waals surface area contributed by atoms with Gasteiger partial charge in [-0.1, -0.05) is 54.6 Å². The lowest BCUT2D eigenvalue weighted by molar-refractivity contribution is 0.486. The van der Waals surface area contributed by atoms with Crippen LogP contribution in [0.5, 0.6) is 0 Å². The maximum absolute atomic E-state index is 14.5. The second-order valence-electron chi connectivity index (χ2n) is 6.05. The number of allylic oxidation sites excluding steroid dienone is 3. The fourth-order valence-electron chi connectivity index (χ4n) is 3.22. The molecule has 0 spiro atoms. The van der Waals surface area contributed by atoms with Crippen molar-refractivity contribution in [3.8, 4) is 11.1 Å². The van der Waals surface area contributed by atoms with E-state index in [0.29, 0.717) is 22.6 Å². The van der Waals surface area contributed by atoms with Gasteiger partial charge in [0.25, 0.3) is 0 Å². The molecule has 0 heterocycles. The summed E-state index contributed by atoms with van der Waals surface area (Å²) in [6.45, 7) is 3.77. The average Bonchev–Trinajstić information content (AvgIpc) is 2.59. The van der Waals surface area contributed by atoms with E-state index in [1.54, 1.807) is 24.3 Å². The first-order valence-corrected chi connectivity index (χ1v) is 8.04. The van der Waals surface area contributed by atoms with Crippen LogP contribution in [0.1, 0.15) is 31.2 Å². The standard InChI is InChI=1S/C21H20F2/c1-2-6-15-9-11-17(12-10-15)19-14-13-18(20(22)21(19)23)16-7-4-3-5-8-16/h2-5,7-8,11,13-15H,1,6,9-10,12H2.